The fourth-order valence-corrected chi connectivity index (χ4v) is 2.59. The van der Waals surface area contributed by atoms with E-state index in [1.165, 1.54) is 0 Å². The van der Waals surface area contributed by atoms with E-state index in [2.05, 4.69) is 10.3 Å². The molecule has 1 aromatic heterocycles. The van der Waals surface area contributed by atoms with Crippen LogP contribution < -0.4 is 5.32 Å². The van der Waals surface area contributed by atoms with Crippen LogP contribution in [0.4, 0.5) is 0 Å². The summed E-state index contributed by atoms with van der Waals surface area (Å²) in [6.07, 6.45) is 3.40. The molecule has 19 heavy (non-hydrogen) atoms. The van der Waals surface area contributed by atoms with Gasteiger partial charge in [-0.1, -0.05) is 18.0 Å². The molecule has 100 valence electrons. The molecule has 0 unspecified atom stereocenters. The van der Waals surface area contributed by atoms with Crippen LogP contribution in [0.1, 0.15) is 25.2 Å². The number of oxazole rings is 1. The highest BCUT2D eigenvalue weighted by Gasteiger charge is 2.22. The Bertz CT molecular complexity index is 603. The van der Waals surface area contributed by atoms with Crippen LogP contribution in [0.25, 0.3) is 11.1 Å². The highest BCUT2D eigenvalue weighted by Crippen LogP contribution is 2.20. The molecule has 5 heteroatoms. The fourth-order valence-electron chi connectivity index (χ4n) is 2.42. The molecule has 2 heterocycles. The Morgan fingerprint density at radius 1 is 1.47 bits per heavy atom. The molecule has 0 bridgehead atoms. The molecule has 0 amide bonds. The molecule has 1 aliphatic rings. The summed E-state index contributed by atoms with van der Waals surface area (Å²) < 4.78 is 5.57. The first-order valence-corrected chi connectivity index (χ1v) is 6.91. The van der Waals surface area contributed by atoms with Gasteiger partial charge < -0.3 is 9.73 Å². The lowest BCUT2D eigenvalue weighted by atomic mass is 9.99. The number of nitrogens with one attached hydrogen (secondary N) is 1. The minimum Gasteiger partial charge on any atom is -0.440 e. The lowest BCUT2D eigenvalue weighted by Crippen LogP contribution is -2.41. The van der Waals surface area contributed by atoms with Gasteiger partial charge in [0, 0.05) is 5.02 Å². The number of hydrogen-bond acceptors (Lipinski definition) is 4. The van der Waals surface area contributed by atoms with E-state index in [-0.39, 0.29) is 18.2 Å². The normalized spacial score (nSPS) is 19.7. The van der Waals surface area contributed by atoms with Gasteiger partial charge in [-0.25, -0.2) is 4.98 Å². The van der Waals surface area contributed by atoms with Crippen LogP contribution in [0, 0.1) is 0 Å². The van der Waals surface area contributed by atoms with Crippen LogP contribution in [0.3, 0.4) is 0 Å². The third kappa shape index (κ3) is 2.80. The lowest BCUT2D eigenvalue weighted by Gasteiger charge is -2.21. The van der Waals surface area contributed by atoms with Crippen molar-refractivity contribution in [2.45, 2.75) is 31.7 Å². The number of benzene rings is 1. The van der Waals surface area contributed by atoms with Gasteiger partial charge in [-0.2, -0.15) is 0 Å². The van der Waals surface area contributed by atoms with Gasteiger partial charge >= 0.3 is 0 Å². The summed E-state index contributed by atoms with van der Waals surface area (Å²) in [5.74, 6) is 0.618. The van der Waals surface area contributed by atoms with Crippen molar-refractivity contribution in [2.75, 3.05) is 6.54 Å². The Kier molecular flexibility index (Phi) is 3.53. The molecule has 0 radical (unpaired) electrons. The third-order valence-electron chi connectivity index (χ3n) is 3.42. The molecule has 1 fully saturated rings. The molecule has 1 aromatic carbocycles. The highest BCUT2D eigenvalue weighted by atomic mass is 35.5. The Balaban J connectivity index is 1.75. The molecule has 3 rings (SSSR count). The molecule has 0 spiro atoms. The van der Waals surface area contributed by atoms with E-state index in [1.807, 2.05) is 0 Å². The average Bonchev–Trinajstić information content (AvgIpc) is 2.81. The number of carbonyl (C=O) groups is 1. The number of ketones is 1. The van der Waals surface area contributed by atoms with Gasteiger partial charge in [-0.3, -0.25) is 4.79 Å². The van der Waals surface area contributed by atoms with Crippen LogP contribution in [0.2, 0.25) is 5.02 Å². The monoisotopic (exact) mass is 278 g/mol. The van der Waals surface area contributed by atoms with Crippen molar-refractivity contribution in [3.63, 3.8) is 0 Å². The number of nitrogens with zero attached hydrogens (tertiary/aromatic N) is 1. The first-order valence-electron chi connectivity index (χ1n) is 6.53. The van der Waals surface area contributed by atoms with Crippen LogP contribution >= 0.6 is 11.6 Å². The Morgan fingerprint density at radius 2 is 2.37 bits per heavy atom. The smallest absolute Gasteiger partial charge is 0.202 e. The third-order valence-corrected chi connectivity index (χ3v) is 3.65. The molecule has 1 aliphatic heterocycles. The summed E-state index contributed by atoms with van der Waals surface area (Å²) in [4.78, 5) is 16.4. The second-order valence-electron chi connectivity index (χ2n) is 4.87. The minimum absolute atomic E-state index is 0.0487. The van der Waals surface area contributed by atoms with Gasteiger partial charge in [0.2, 0.25) is 5.89 Å². The largest absolute Gasteiger partial charge is 0.440 e. The quantitative estimate of drug-likeness (QED) is 0.938. The van der Waals surface area contributed by atoms with E-state index < -0.39 is 0 Å². The van der Waals surface area contributed by atoms with Crippen molar-refractivity contribution in [3.8, 4) is 0 Å². The number of halogens is 1. The summed E-state index contributed by atoms with van der Waals surface area (Å²) in [7, 11) is 0. The second-order valence-corrected chi connectivity index (χ2v) is 5.30. The molecule has 0 saturated carbocycles. The number of carbonyl (C=O) groups excluding carboxylic acids is 1. The SMILES string of the molecule is O=C(Cc1nc2cc(Cl)ccc2o1)[C@@H]1CCCCN1. The summed E-state index contributed by atoms with van der Waals surface area (Å²) in [6, 6.07) is 5.22. The molecule has 1 saturated heterocycles. The second kappa shape index (κ2) is 5.31. The molecule has 4 nitrogen and oxygen atoms in total. The Labute approximate surface area is 116 Å². The van der Waals surface area contributed by atoms with Gasteiger partial charge in [-0.05, 0) is 37.6 Å². The maximum absolute atomic E-state index is 12.1. The van der Waals surface area contributed by atoms with Gasteiger partial charge in [0.25, 0.3) is 0 Å². The van der Waals surface area contributed by atoms with E-state index in [0.717, 1.165) is 25.8 Å². The summed E-state index contributed by atoms with van der Waals surface area (Å²) in [5.41, 5.74) is 1.37. The number of rotatable bonds is 3. The van der Waals surface area contributed by atoms with E-state index >= 15 is 0 Å². The van der Waals surface area contributed by atoms with Crippen molar-refractivity contribution in [1.82, 2.24) is 10.3 Å². The van der Waals surface area contributed by atoms with E-state index in [0.29, 0.717) is 22.0 Å². The van der Waals surface area contributed by atoms with Crippen molar-refractivity contribution in [3.05, 3.63) is 29.1 Å². The average molecular weight is 279 g/mol. The number of piperidine rings is 1. The van der Waals surface area contributed by atoms with Crippen LogP contribution in [-0.4, -0.2) is 23.4 Å². The number of hydrogen-bond donors (Lipinski definition) is 1. The standard InChI is InChI=1S/C14H15ClN2O2/c15-9-4-5-13-11(7-9)17-14(19-13)8-12(18)10-3-1-2-6-16-10/h4-5,7,10,16H,1-3,6,8H2/t10-/m0/s1. The lowest BCUT2D eigenvalue weighted by molar-refractivity contribution is -0.121. The van der Waals surface area contributed by atoms with E-state index in [1.54, 1.807) is 18.2 Å². The first kappa shape index (κ1) is 12.6. The summed E-state index contributed by atoms with van der Waals surface area (Å²) in [6.45, 7) is 0.916. The Hall–Kier alpha value is -1.39. The highest BCUT2D eigenvalue weighted by molar-refractivity contribution is 6.31. The van der Waals surface area contributed by atoms with Crippen LogP contribution in [0.15, 0.2) is 22.6 Å². The first-order chi connectivity index (χ1) is 9.22. The predicted molar refractivity (Wildman–Crippen MR) is 73.4 cm³/mol. The van der Waals surface area contributed by atoms with E-state index in [4.69, 9.17) is 16.0 Å². The van der Waals surface area contributed by atoms with Gasteiger partial charge in [0.15, 0.2) is 11.4 Å². The summed E-state index contributed by atoms with van der Waals surface area (Å²) >= 11 is 5.90. The van der Waals surface area contributed by atoms with Gasteiger partial charge in [0.05, 0.1) is 12.5 Å². The number of fused-ring (bicyclic) bond motifs is 1. The zero-order valence-electron chi connectivity index (χ0n) is 10.5. The fraction of sp³-hybridized carbons (Fsp3) is 0.429. The molecule has 1 atom stereocenters. The number of Topliss-reactive ketones (excluding diaryl/α,β-unsaturated/α-hetero) is 1. The topological polar surface area (TPSA) is 55.1 Å². The summed E-state index contributed by atoms with van der Waals surface area (Å²) in [5, 5.41) is 3.86. The van der Waals surface area contributed by atoms with Crippen LogP contribution in [0.5, 0.6) is 0 Å². The van der Waals surface area contributed by atoms with Gasteiger partial charge in [0.1, 0.15) is 5.52 Å². The minimum atomic E-state index is -0.0487. The number of aromatic nitrogens is 1. The molecular weight excluding hydrogens is 264 g/mol. The van der Waals surface area contributed by atoms with Crippen LogP contribution in [-0.2, 0) is 11.2 Å². The molecule has 2 aromatic rings. The molecule has 1 N–H and O–H groups in total. The van der Waals surface area contributed by atoms with Gasteiger partial charge in [-0.15, -0.1) is 0 Å². The maximum Gasteiger partial charge on any atom is 0.202 e. The van der Waals surface area contributed by atoms with Crippen molar-refractivity contribution < 1.29 is 9.21 Å². The zero-order valence-corrected chi connectivity index (χ0v) is 11.2. The molecule has 0 aliphatic carbocycles. The van der Waals surface area contributed by atoms with Crippen molar-refractivity contribution >= 4 is 28.5 Å². The van der Waals surface area contributed by atoms with Crippen molar-refractivity contribution in [2.24, 2.45) is 0 Å². The van der Waals surface area contributed by atoms with E-state index in [9.17, 15) is 4.79 Å². The molecular formula is C14H15ClN2O2. The maximum atomic E-state index is 12.1. The predicted octanol–water partition coefficient (Wildman–Crippen LogP) is 2.73. The Morgan fingerprint density at radius 3 is 3.16 bits per heavy atom. The zero-order chi connectivity index (χ0) is 13.2. The van der Waals surface area contributed by atoms with Crippen molar-refractivity contribution in [1.29, 1.82) is 0 Å².